The lowest BCUT2D eigenvalue weighted by atomic mass is 10.0. The van der Waals surface area contributed by atoms with E-state index in [-0.39, 0.29) is 0 Å². The minimum atomic E-state index is 0.536. The molecule has 0 fully saturated rings. The van der Waals surface area contributed by atoms with E-state index in [1.807, 2.05) is 19.9 Å². The Bertz CT molecular complexity index is 647. The summed E-state index contributed by atoms with van der Waals surface area (Å²) < 4.78 is 6.94. The molecule has 0 aliphatic carbocycles. The molecule has 2 rings (SSSR count). The second-order valence-corrected chi connectivity index (χ2v) is 3.96. The van der Waals surface area contributed by atoms with Gasteiger partial charge in [0.2, 0.25) is 5.88 Å². The van der Waals surface area contributed by atoms with E-state index >= 15 is 0 Å². The molecule has 0 radical (unpaired) electrons. The molecular formula is C13H13N3O. The molecule has 0 bridgehead atoms. The van der Waals surface area contributed by atoms with Gasteiger partial charge in [0.15, 0.2) is 0 Å². The topological polar surface area (TPSA) is 50.3 Å². The average molecular weight is 227 g/mol. The van der Waals surface area contributed by atoms with Crippen LogP contribution in [0.4, 0.5) is 0 Å². The maximum Gasteiger partial charge on any atom is 0.215 e. The van der Waals surface area contributed by atoms with Gasteiger partial charge >= 0.3 is 0 Å². The van der Waals surface area contributed by atoms with Gasteiger partial charge in [-0.1, -0.05) is 6.58 Å². The molecular weight excluding hydrogens is 214 g/mol. The Labute approximate surface area is 99.7 Å². The van der Waals surface area contributed by atoms with Gasteiger partial charge in [-0.25, -0.2) is 4.52 Å². The Hall–Kier alpha value is -2.28. The third-order valence-electron chi connectivity index (χ3n) is 2.70. The number of ether oxygens (including phenoxy) is 1. The van der Waals surface area contributed by atoms with Crippen molar-refractivity contribution in [1.29, 1.82) is 5.26 Å². The van der Waals surface area contributed by atoms with Crippen molar-refractivity contribution in [2.24, 2.45) is 0 Å². The Kier molecular flexibility index (Phi) is 2.60. The molecule has 2 heterocycles. The summed E-state index contributed by atoms with van der Waals surface area (Å²) in [6.07, 6.45) is 1.54. The predicted octanol–water partition coefficient (Wildman–Crippen LogP) is 2.56. The monoisotopic (exact) mass is 227 g/mol. The lowest BCUT2D eigenvalue weighted by Crippen LogP contribution is -2.00. The van der Waals surface area contributed by atoms with Crippen molar-refractivity contribution in [2.75, 3.05) is 7.11 Å². The molecule has 0 atom stereocenters. The molecule has 4 heteroatoms. The summed E-state index contributed by atoms with van der Waals surface area (Å²) in [4.78, 5) is 0. The minimum absolute atomic E-state index is 0.536. The van der Waals surface area contributed by atoms with Gasteiger partial charge < -0.3 is 4.74 Å². The maximum atomic E-state index is 9.11. The van der Waals surface area contributed by atoms with Crippen LogP contribution in [-0.2, 0) is 0 Å². The molecule has 0 saturated carbocycles. The lowest BCUT2D eigenvalue weighted by Gasteiger charge is -2.07. The number of allylic oxidation sites excluding steroid dienone is 1. The number of aryl methyl sites for hydroxylation is 1. The zero-order chi connectivity index (χ0) is 12.6. The smallest absolute Gasteiger partial charge is 0.215 e. The fourth-order valence-corrected chi connectivity index (χ4v) is 1.98. The predicted molar refractivity (Wildman–Crippen MR) is 65.9 cm³/mol. The van der Waals surface area contributed by atoms with E-state index in [2.05, 4.69) is 17.7 Å². The molecule has 0 aliphatic heterocycles. The maximum absolute atomic E-state index is 9.11. The first-order valence-corrected chi connectivity index (χ1v) is 5.21. The molecule has 0 N–H and O–H groups in total. The highest BCUT2D eigenvalue weighted by Crippen LogP contribution is 2.29. The van der Waals surface area contributed by atoms with Crippen LogP contribution in [0.1, 0.15) is 23.6 Å². The van der Waals surface area contributed by atoms with Gasteiger partial charge in [-0.05, 0) is 25.0 Å². The highest BCUT2D eigenvalue weighted by Gasteiger charge is 2.15. The Morgan fingerprint density at radius 1 is 1.59 bits per heavy atom. The van der Waals surface area contributed by atoms with E-state index in [4.69, 9.17) is 10.00 Å². The fourth-order valence-electron chi connectivity index (χ4n) is 1.98. The van der Waals surface area contributed by atoms with Gasteiger partial charge in [0.1, 0.15) is 6.07 Å². The third kappa shape index (κ3) is 1.56. The third-order valence-corrected chi connectivity index (χ3v) is 2.70. The van der Waals surface area contributed by atoms with E-state index in [1.165, 1.54) is 0 Å². The number of hydrogen-bond donors (Lipinski definition) is 0. The van der Waals surface area contributed by atoms with E-state index in [0.717, 1.165) is 22.2 Å². The zero-order valence-electron chi connectivity index (χ0n) is 10.1. The number of methoxy groups -OCH3 is 1. The SMILES string of the molecule is C=C(C)c1c(C#N)cnn2c(OC)cc(C)c12. The molecule has 17 heavy (non-hydrogen) atoms. The summed E-state index contributed by atoms with van der Waals surface area (Å²) in [6, 6.07) is 4.04. The van der Waals surface area contributed by atoms with Crippen LogP contribution < -0.4 is 4.74 Å². The first-order chi connectivity index (χ1) is 8.10. The Morgan fingerprint density at radius 2 is 2.29 bits per heavy atom. The number of hydrogen-bond acceptors (Lipinski definition) is 3. The van der Waals surface area contributed by atoms with Crippen LogP contribution >= 0.6 is 0 Å². The second kappa shape index (κ2) is 3.95. The standard InChI is InChI=1S/C13H13N3O/c1-8(2)12-10(6-14)7-15-16-11(17-4)5-9(3)13(12)16/h5,7H,1H2,2-4H3. The molecule has 0 aliphatic rings. The largest absolute Gasteiger partial charge is 0.481 e. The quantitative estimate of drug-likeness (QED) is 0.792. The summed E-state index contributed by atoms with van der Waals surface area (Å²) in [5, 5.41) is 13.3. The van der Waals surface area contributed by atoms with Crippen molar-refractivity contribution in [3.8, 4) is 11.9 Å². The molecule has 0 saturated heterocycles. The van der Waals surface area contributed by atoms with Crippen LogP contribution in [0.3, 0.4) is 0 Å². The van der Waals surface area contributed by atoms with Crippen LogP contribution in [0.2, 0.25) is 0 Å². The molecule has 2 aromatic heterocycles. The first-order valence-electron chi connectivity index (χ1n) is 5.21. The first kappa shape index (κ1) is 11.2. The summed E-state index contributed by atoms with van der Waals surface area (Å²) in [5.41, 5.74) is 4.12. The number of fused-ring (bicyclic) bond motifs is 1. The summed E-state index contributed by atoms with van der Waals surface area (Å²) in [5.74, 6) is 0.657. The molecule has 86 valence electrons. The highest BCUT2D eigenvalue weighted by atomic mass is 16.5. The van der Waals surface area contributed by atoms with Crippen LogP contribution in [0.5, 0.6) is 5.88 Å². The van der Waals surface area contributed by atoms with Gasteiger partial charge in [0.25, 0.3) is 0 Å². The lowest BCUT2D eigenvalue weighted by molar-refractivity contribution is 0.387. The molecule has 0 spiro atoms. The van der Waals surface area contributed by atoms with Crippen LogP contribution in [0.25, 0.3) is 11.1 Å². The molecule has 0 amide bonds. The van der Waals surface area contributed by atoms with E-state index < -0.39 is 0 Å². The van der Waals surface area contributed by atoms with Crippen molar-refractivity contribution in [3.63, 3.8) is 0 Å². The summed E-state index contributed by atoms with van der Waals surface area (Å²) in [6.45, 7) is 7.78. The van der Waals surface area contributed by atoms with Crippen LogP contribution in [-0.4, -0.2) is 16.7 Å². The fraction of sp³-hybridized carbons (Fsp3) is 0.231. The zero-order valence-corrected chi connectivity index (χ0v) is 10.1. The van der Waals surface area contributed by atoms with Gasteiger partial charge in [-0.2, -0.15) is 10.4 Å². The number of rotatable bonds is 2. The van der Waals surface area contributed by atoms with E-state index in [9.17, 15) is 0 Å². The van der Waals surface area contributed by atoms with Crippen LogP contribution in [0, 0.1) is 18.3 Å². The van der Waals surface area contributed by atoms with E-state index in [0.29, 0.717) is 11.4 Å². The molecule has 0 unspecified atom stereocenters. The van der Waals surface area contributed by atoms with Crippen molar-refractivity contribution in [1.82, 2.24) is 9.61 Å². The van der Waals surface area contributed by atoms with Gasteiger partial charge in [0.05, 0.1) is 24.4 Å². The van der Waals surface area contributed by atoms with Gasteiger partial charge in [0, 0.05) is 11.6 Å². The second-order valence-electron chi connectivity index (χ2n) is 3.96. The van der Waals surface area contributed by atoms with E-state index in [1.54, 1.807) is 17.8 Å². The molecule has 0 aromatic carbocycles. The van der Waals surface area contributed by atoms with Crippen molar-refractivity contribution in [3.05, 3.63) is 35.5 Å². The molecule has 4 nitrogen and oxygen atoms in total. The minimum Gasteiger partial charge on any atom is -0.481 e. The molecule has 2 aromatic rings. The van der Waals surface area contributed by atoms with Gasteiger partial charge in [-0.3, -0.25) is 0 Å². The average Bonchev–Trinajstić information content (AvgIpc) is 2.64. The van der Waals surface area contributed by atoms with Gasteiger partial charge in [-0.15, -0.1) is 0 Å². The normalized spacial score (nSPS) is 10.2. The number of nitriles is 1. The van der Waals surface area contributed by atoms with Crippen molar-refractivity contribution >= 4 is 11.1 Å². The number of aromatic nitrogens is 2. The Balaban J connectivity index is 2.96. The number of nitrogens with zero attached hydrogens (tertiary/aromatic N) is 3. The van der Waals surface area contributed by atoms with Crippen molar-refractivity contribution in [2.45, 2.75) is 13.8 Å². The highest BCUT2D eigenvalue weighted by molar-refractivity contribution is 5.82. The van der Waals surface area contributed by atoms with Crippen LogP contribution in [0.15, 0.2) is 18.8 Å². The summed E-state index contributed by atoms with van der Waals surface area (Å²) in [7, 11) is 1.60. The Morgan fingerprint density at radius 3 is 2.82 bits per heavy atom. The summed E-state index contributed by atoms with van der Waals surface area (Å²) >= 11 is 0. The van der Waals surface area contributed by atoms with Crippen molar-refractivity contribution < 1.29 is 4.74 Å².